The molecule has 1 heterocycles. The lowest BCUT2D eigenvalue weighted by molar-refractivity contribution is 0.451. The minimum Gasteiger partial charge on any atom is -0.508 e. The second kappa shape index (κ2) is 5.13. The number of phenols is 3. The van der Waals surface area contributed by atoms with E-state index in [9.17, 15) is 15.3 Å². The van der Waals surface area contributed by atoms with E-state index in [-0.39, 0.29) is 17.2 Å². The molecule has 1 aromatic heterocycles. The van der Waals surface area contributed by atoms with Crippen LogP contribution in [0, 0.1) is 0 Å². The molecule has 104 valence electrons. The van der Waals surface area contributed by atoms with Crippen molar-refractivity contribution in [3.8, 4) is 39.8 Å². The lowest BCUT2D eigenvalue weighted by Crippen LogP contribution is -1.89. The Kier molecular flexibility index (Phi) is 3.16. The number of hydrogen-bond donors (Lipinski definition) is 3. The van der Waals surface area contributed by atoms with E-state index in [0.29, 0.717) is 17.0 Å². The van der Waals surface area contributed by atoms with Gasteiger partial charge in [-0.2, -0.15) is 0 Å². The molecule has 0 unspecified atom stereocenters. The molecule has 5 heteroatoms. The van der Waals surface area contributed by atoms with Crippen molar-refractivity contribution in [1.82, 2.24) is 9.97 Å². The molecule has 0 amide bonds. The Morgan fingerprint density at radius 2 is 1.14 bits per heavy atom. The van der Waals surface area contributed by atoms with Crippen molar-refractivity contribution in [3.05, 3.63) is 54.9 Å². The number of aromatic nitrogens is 2. The van der Waals surface area contributed by atoms with E-state index in [1.54, 1.807) is 36.7 Å². The van der Waals surface area contributed by atoms with Crippen molar-refractivity contribution in [3.63, 3.8) is 0 Å². The van der Waals surface area contributed by atoms with Crippen molar-refractivity contribution in [2.75, 3.05) is 0 Å². The van der Waals surface area contributed by atoms with Gasteiger partial charge in [-0.1, -0.05) is 0 Å². The number of hydrogen-bond acceptors (Lipinski definition) is 5. The van der Waals surface area contributed by atoms with E-state index in [1.165, 1.54) is 18.2 Å². The zero-order valence-corrected chi connectivity index (χ0v) is 10.9. The van der Waals surface area contributed by atoms with E-state index in [4.69, 9.17) is 0 Å². The SMILES string of the molecule is Oc1ccc(-c2ncc(-c3cc(O)cc(O)c3)cn2)cc1. The van der Waals surface area contributed by atoms with Gasteiger partial charge in [0, 0.05) is 29.6 Å². The summed E-state index contributed by atoms with van der Waals surface area (Å²) in [6.45, 7) is 0. The maximum Gasteiger partial charge on any atom is 0.159 e. The summed E-state index contributed by atoms with van der Waals surface area (Å²) in [6, 6.07) is 10.9. The zero-order valence-electron chi connectivity index (χ0n) is 10.9. The first-order valence-electron chi connectivity index (χ1n) is 6.27. The van der Waals surface area contributed by atoms with Crippen molar-refractivity contribution >= 4 is 0 Å². The largest absolute Gasteiger partial charge is 0.508 e. The van der Waals surface area contributed by atoms with E-state index < -0.39 is 0 Å². The van der Waals surface area contributed by atoms with Crippen LogP contribution in [0.15, 0.2) is 54.9 Å². The molecule has 0 atom stereocenters. The smallest absolute Gasteiger partial charge is 0.159 e. The predicted octanol–water partition coefficient (Wildman–Crippen LogP) is 2.93. The molecule has 3 N–H and O–H groups in total. The highest BCUT2D eigenvalue weighted by molar-refractivity contribution is 5.67. The van der Waals surface area contributed by atoms with Gasteiger partial charge in [-0.15, -0.1) is 0 Å². The van der Waals surface area contributed by atoms with Crippen molar-refractivity contribution in [2.24, 2.45) is 0 Å². The van der Waals surface area contributed by atoms with Crippen molar-refractivity contribution < 1.29 is 15.3 Å². The van der Waals surface area contributed by atoms with Crippen LogP contribution in [0.2, 0.25) is 0 Å². The lowest BCUT2D eigenvalue weighted by Gasteiger charge is -2.05. The lowest BCUT2D eigenvalue weighted by atomic mass is 10.1. The van der Waals surface area contributed by atoms with Crippen LogP contribution in [-0.4, -0.2) is 25.3 Å². The van der Waals surface area contributed by atoms with Gasteiger partial charge >= 0.3 is 0 Å². The second-order valence-corrected chi connectivity index (χ2v) is 4.58. The maximum atomic E-state index is 9.49. The van der Waals surface area contributed by atoms with Crippen LogP contribution in [0.4, 0.5) is 0 Å². The number of aromatic hydroxyl groups is 3. The normalized spacial score (nSPS) is 10.5. The third-order valence-electron chi connectivity index (χ3n) is 3.01. The number of rotatable bonds is 2. The van der Waals surface area contributed by atoms with Gasteiger partial charge in [-0.05, 0) is 42.0 Å². The van der Waals surface area contributed by atoms with Crippen LogP contribution in [0.5, 0.6) is 17.2 Å². The standard InChI is InChI=1S/C16H12N2O3/c19-13-3-1-10(2-4-13)16-17-8-12(9-18-16)11-5-14(20)7-15(21)6-11/h1-9,19-21H. The van der Waals surface area contributed by atoms with Crippen LogP contribution in [0.3, 0.4) is 0 Å². The molecule has 0 fully saturated rings. The summed E-state index contributed by atoms with van der Waals surface area (Å²) >= 11 is 0. The molecule has 0 aliphatic heterocycles. The Morgan fingerprint density at radius 1 is 0.571 bits per heavy atom. The third-order valence-corrected chi connectivity index (χ3v) is 3.01. The minimum absolute atomic E-state index is 0.0207. The van der Waals surface area contributed by atoms with Crippen LogP contribution >= 0.6 is 0 Å². The molecular weight excluding hydrogens is 268 g/mol. The first-order valence-corrected chi connectivity index (χ1v) is 6.27. The van der Waals surface area contributed by atoms with Crippen LogP contribution in [0.25, 0.3) is 22.5 Å². The summed E-state index contributed by atoms with van der Waals surface area (Å²) in [5.74, 6) is 0.675. The fourth-order valence-corrected chi connectivity index (χ4v) is 2.00. The van der Waals surface area contributed by atoms with E-state index in [2.05, 4.69) is 9.97 Å². The minimum atomic E-state index is -0.0207. The van der Waals surface area contributed by atoms with Crippen molar-refractivity contribution in [1.29, 1.82) is 0 Å². The van der Waals surface area contributed by atoms with Crippen LogP contribution in [-0.2, 0) is 0 Å². The van der Waals surface area contributed by atoms with E-state index >= 15 is 0 Å². The molecule has 0 spiro atoms. The first-order chi connectivity index (χ1) is 10.1. The Balaban J connectivity index is 1.95. The second-order valence-electron chi connectivity index (χ2n) is 4.58. The van der Waals surface area contributed by atoms with Gasteiger partial charge in [0.15, 0.2) is 5.82 Å². The Labute approximate surface area is 120 Å². The summed E-state index contributed by atoms with van der Waals surface area (Å²) in [7, 11) is 0. The number of nitrogens with zero attached hydrogens (tertiary/aromatic N) is 2. The third kappa shape index (κ3) is 2.76. The molecule has 0 aliphatic rings. The predicted molar refractivity (Wildman–Crippen MR) is 77.9 cm³/mol. The number of phenolic OH excluding ortho intramolecular Hbond substituents is 3. The monoisotopic (exact) mass is 280 g/mol. The fourth-order valence-electron chi connectivity index (χ4n) is 2.00. The summed E-state index contributed by atoms with van der Waals surface area (Å²) in [5.41, 5.74) is 2.10. The average Bonchev–Trinajstić information content (AvgIpc) is 2.47. The first kappa shape index (κ1) is 12.9. The van der Waals surface area contributed by atoms with E-state index in [0.717, 1.165) is 5.56 Å². The molecule has 0 bridgehead atoms. The van der Waals surface area contributed by atoms with E-state index in [1.807, 2.05) is 0 Å². The van der Waals surface area contributed by atoms with Gasteiger partial charge in [0.1, 0.15) is 17.2 Å². The molecule has 0 radical (unpaired) electrons. The molecule has 3 rings (SSSR count). The zero-order chi connectivity index (χ0) is 14.8. The molecule has 0 saturated carbocycles. The summed E-state index contributed by atoms with van der Waals surface area (Å²) in [4.78, 5) is 8.52. The Morgan fingerprint density at radius 3 is 1.71 bits per heavy atom. The van der Waals surface area contributed by atoms with Gasteiger partial charge in [0.2, 0.25) is 0 Å². The quantitative estimate of drug-likeness (QED) is 0.672. The van der Waals surface area contributed by atoms with Gasteiger partial charge in [0.25, 0.3) is 0 Å². The van der Waals surface area contributed by atoms with Crippen LogP contribution in [0.1, 0.15) is 0 Å². The summed E-state index contributed by atoms with van der Waals surface area (Å²) in [6.07, 6.45) is 3.23. The molecule has 0 saturated heterocycles. The highest BCUT2D eigenvalue weighted by Gasteiger charge is 2.05. The van der Waals surface area contributed by atoms with Crippen molar-refractivity contribution in [2.45, 2.75) is 0 Å². The van der Waals surface area contributed by atoms with Gasteiger partial charge in [-0.25, -0.2) is 9.97 Å². The highest BCUT2D eigenvalue weighted by Crippen LogP contribution is 2.28. The number of benzene rings is 2. The molecular formula is C16H12N2O3. The molecule has 2 aromatic carbocycles. The summed E-state index contributed by atoms with van der Waals surface area (Å²) < 4.78 is 0. The van der Waals surface area contributed by atoms with Gasteiger partial charge in [0.05, 0.1) is 0 Å². The molecule has 21 heavy (non-hydrogen) atoms. The fraction of sp³-hybridized carbons (Fsp3) is 0. The molecule has 0 aliphatic carbocycles. The Hall–Kier alpha value is -3.08. The van der Waals surface area contributed by atoms with Crippen LogP contribution < -0.4 is 0 Å². The average molecular weight is 280 g/mol. The van der Waals surface area contributed by atoms with Gasteiger partial charge < -0.3 is 15.3 Å². The summed E-state index contributed by atoms with van der Waals surface area (Å²) in [5, 5.41) is 28.2. The van der Waals surface area contributed by atoms with Gasteiger partial charge in [-0.3, -0.25) is 0 Å². The molecule has 5 nitrogen and oxygen atoms in total. The Bertz CT molecular complexity index is 748. The highest BCUT2D eigenvalue weighted by atomic mass is 16.3. The molecule has 3 aromatic rings. The topological polar surface area (TPSA) is 86.5 Å². The maximum absolute atomic E-state index is 9.49.